The summed E-state index contributed by atoms with van der Waals surface area (Å²) in [6.45, 7) is 3.08. The van der Waals surface area contributed by atoms with Gasteiger partial charge in [0, 0.05) is 16.6 Å². The van der Waals surface area contributed by atoms with Gasteiger partial charge in [0.25, 0.3) is 0 Å². The molecule has 18 heavy (non-hydrogen) atoms. The van der Waals surface area contributed by atoms with Crippen LogP contribution < -0.4 is 15.4 Å². The van der Waals surface area contributed by atoms with E-state index in [4.69, 9.17) is 16.3 Å². The van der Waals surface area contributed by atoms with Crippen molar-refractivity contribution in [3.05, 3.63) is 28.3 Å². The lowest BCUT2D eigenvalue weighted by molar-refractivity contribution is 0.382. The van der Waals surface area contributed by atoms with Crippen LogP contribution in [0.25, 0.3) is 0 Å². The number of aryl methyl sites for hydroxylation is 1. The Morgan fingerprint density at radius 1 is 1.50 bits per heavy atom. The van der Waals surface area contributed by atoms with Crippen molar-refractivity contribution in [1.82, 2.24) is 10.6 Å². The predicted molar refractivity (Wildman–Crippen MR) is 75.6 cm³/mol. The molecule has 100 valence electrons. The van der Waals surface area contributed by atoms with E-state index in [-0.39, 0.29) is 6.04 Å². The number of likely N-dealkylation sites (N-methyl/N-ethyl adjacent to an activating group) is 1. The molecule has 0 bridgehead atoms. The number of rotatable bonds is 4. The van der Waals surface area contributed by atoms with Crippen LogP contribution in [0.2, 0.25) is 5.02 Å². The van der Waals surface area contributed by atoms with Crippen molar-refractivity contribution in [3.63, 3.8) is 0 Å². The Balaban J connectivity index is 2.37. The lowest BCUT2D eigenvalue weighted by Gasteiger charge is -2.26. The van der Waals surface area contributed by atoms with Crippen LogP contribution in [0.3, 0.4) is 0 Å². The van der Waals surface area contributed by atoms with Crippen LogP contribution in [0.1, 0.15) is 30.0 Å². The second kappa shape index (κ2) is 5.91. The van der Waals surface area contributed by atoms with E-state index in [2.05, 4.69) is 10.6 Å². The number of halogens is 1. The van der Waals surface area contributed by atoms with Crippen molar-refractivity contribution < 1.29 is 4.74 Å². The molecule has 0 aromatic heterocycles. The average molecular weight is 269 g/mol. The summed E-state index contributed by atoms with van der Waals surface area (Å²) in [6, 6.07) is 4.72. The van der Waals surface area contributed by atoms with Gasteiger partial charge in [0.1, 0.15) is 5.75 Å². The molecule has 2 N–H and O–H groups in total. The van der Waals surface area contributed by atoms with E-state index in [1.54, 1.807) is 7.11 Å². The summed E-state index contributed by atoms with van der Waals surface area (Å²) in [4.78, 5) is 0. The predicted octanol–water partition coefficient (Wildman–Crippen LogP) is 2.67. The summed E-state index contributed by atoms with van der Waals surface area (Å²) in [5, 5.41) is 7.71. The molecule has 1 aromatic rings. The van der Waals surface area contributed by atoms with E-state index in [0.717, 1.165) is 28.4 Å². The molecular weight excluding hydrogens is 248 g/mol. The fourth-order valence-corrected chi connectivity index (χ4v) is 2.83. The van der Waals surface area contributed by atoms with Gasteiger partial charge in [0.15, 0.2) is 0 Å². The zero-order chi connectivity index (χ0) is 13.1. The summed E-state index contributed by atoms with van der Waals surface area (Å²) in [7, 11) is 3.69. The van der Waals surface area contributed by atoms with Gasteiger partial charge in [0.2, 0.25) is 0 Å². The molecule has 1 aliphatic heterocycles. The van der Waals surface area contributed by atoms with Crippen LogP contribution in [0.4, 0.5) is 0 Å². The first-order chi connectivity index (χ1) is 8.67. The first kappa shape index (κ1) is 13.7. The molecule has 1 aliphatic rings. The monoisotopic (exact) mass is 268 g/mol. The third-order valence-electron chi connectivity index (χ3n) is 3.66. The minimum atomic E-state index is 0.237. The fourth-order valence-electron chi connectivity index (χ4n) is 2.66. The summed E-state index contributed by atoms with van der Waals surface area (Å²) in [5.74, 6) is 0.907. The minimum Gasteiger partial charge on any atom is -0.496 e. The van der Waals surface area contributed by atoms with E-state index < -0.39 is 0 Å². The maximum Gasteiger partial charge on any atom is 0.124 e. The molecule has 1 saturated heterocycles. The zero-order valence-corrected chi connectivity index (χ0v) is 12.0. The minimum absolute atomic E-state index is 0.237. The lowest BCUT2D eigenvalue weighted by Crippen LogP contribution is -2.36. The van der Waals surface area contributed by atoms with Crippen molar-refractivity contribution >= 4 is 11.6 Å². The van der Waals surface area contributed by atoms with Crippen molar-refractivity contribution in [1.29, 1.82) is 0 Å². The SMILES string of the molecule is CNC(c1cc(Cl)c(C)cc1OC)C1CCCN1. The van der Waals surface area contributed by atoms with Gasteiger partial charge in [-0.05, 0) is 51.1 Å². The number of nitrogens with one attached hydrogen (secondary N) is 2. The molecule has 0 aliphatic carbocycles. The van der Waals surface area contributed by atoms with Crippen molar-refractivity contribution in [3.8, 4) is 5.75 Å². The Morgan fingerprint density at radius 2 is 2.28 bits per heavy atom. The molecule has 2 rings (SSSR count). The number of methoxy groups -OCH3 is 1. The van der Waals surface area contributed by atoms with Gasteiger partial charge in [-0.15, -0.1) is 0 Å². The van der Waals surface area contributed by atoms with Crippen LogP contribution in [0, 0.1) is 6.92 Å². The van der Waals surface area contributed by atoms with Crippen LogP contribution >= 0.6 is 11.6 Å². The summed E-state index contributed by atoms with van der Waals surface area (Å²) >= 11 is 6.25. The molecule has 2 unspecified atom stereocenters. The highest BCUT2D eigenvalue weighted by Gasteiger charge is 2.27. The van der Waals surface area contributed by atoms with Gasteiger partial charge in [-0.25, -0.2) is 0 Å². The molecule has 1 heterocycles. The average Bonchev–Trinajstić information content (AvgIpc) is 2.88. The molecular formula is C14H21ClN2O. The Morgan fingerprint density at radius 3 is 2.83 bits per heavy atom. The molecule has 1 fully saturated rings. The largest absolute Gasteiger partial charge is 0.496 e. The standard InChI is InChI=1S/C14H21ClN2O/c1-9-7-13(18-3)10(8-11(9)15)14(16-2)12-5-4-6-17-12/h7-8,12,14,16-17H,4-6H2,1-3H3. The molecule has 1 aromatic carbocycles. The number of hydrogen-bond donors (Lipinski definition) is 2. The number of benzene rings is 1. The van der Waals surface area contributed by atoms with E-state index in [1.165, 1.54) is 12.8 Å². The molecule has 0 radical (unpaired) electrons. The van der Waals surface area contributed by atoms with Gasteiger partial charge in [-0.2, -0.15) is 0 Å². The van der Waals surface area contributed by atoms with E-state index in [1.807, 2.05) is 26.1 Å². The maximum atomic E-state index is 6.25. The maximum absolute atomic E-state index is 6.25. The van der Waals surface area contributed by atoms with Gasteiger partial charge in [0.05, 0.1) is 13.2 Å². The van der Waals surface area contributed by atoms with Gasteiger partial charge < -0.3 is 15.4 Å². The lowest BCUT2D eigenvalue weighted by atomic mass is 9.96. The Labute approximate surface area is 114 Å². The van der Waals surface area contributed by atoms with E-state index in [0.29, 0.717) is 6.04 Å². The third kappa shape index (κ3) is 2.63. The van der Waals surface area contributed by atoms with Crippen molar-refractivity contribution in [2.24, 2.45) is 0 Å². The Hall–Kier alpha value is -0.770. The second-order valence-corrected chi connectivity index (χ2v) is 5.22. The topological polar surface area (TPSA) is 33.3 Å². The van der Waals surface area contributed by atoms with Crippen LogP contribution in [-0.2, 0) is 0 Å². The zero-order valence-electron chi connectivity index (χ0n) is 11.2. The Bertz CT molecular complexity index is 417. The second-order valence-electron chi connectivity index (χ2n) is 4.81. The normalized spacial score (nSPS) is 21.0. The van der Waals surface area contributed by atoms with Crippen molar-refractivity contribution in [2.45, 2.75) is 31.8 Å². The fraction of sp³-hybridized carbons (Fsp3) is 0.571. The highest BCUT2D eigenvalue weighted by Crippen LogP contribution is 2.34. The molecule has 4 heteroatoms. The van der Waals surface area contributed by atoms with Gasteiger partial charge in [-0.1, -0.05) is 11.6 Å². The van der Waals surface area contributed by atoms with Crippen LogP contribution in [0.15, 0.2) is 12.1 Å². The smallest absolute Gasteiger partial charge is 0.124 e. The first-order valence-electron chi connectivity index (χ1n) is 6.42. The molecule has 3 nitrogen and oxygen atoms in total. The third-order valence-corrected chi connectivity index (χ3v) is 4.07. The molecule has 0 saturated carbocycles. The highest BCUT2D eigenvalue weighted by molar-refractivity contribution is 6.31. The molecule has 0 spiro atoms. The molecule has 2 atom stereocenters. The van der Waals surface area contributed by atoms with Gasteiger partial charge >= 0.3 is 0 Å². The van der Waals surface area contributed by atoms with E-state index >= 15 is 0 Å². The van der Waals surface area contributed by atoms with E-state index in [9.17, 15) is 0 Å². The van der Waals surface area contributed by atoms with Crippen LogP contribution in [-0.4, -0.2) is 26.7 Å². The quantitative estimate of drug-likeness (QED) is 0.881. The summed E-state index contributed by atoms with van der Waals surface area (Å²) in [6.07, 6.45) is 2.41. The number of ether oxygens (including phenoxy) is 1. The van der Waals surface area contributed by atoms with Crippen LogP contribution in [0.5, 0.6) is 5.75 Å². The highest BCUT2D eigenvalue weighted by atomic mass is 35.5. The first-order valence-corrected chi connectivity index (χ1v) is 6.80. The Kier molecular flexibility index (Phi) is 4.49. The summed E-state index contributed by atoms with van der Waals surface area (Å²) < 4.78 is 5.50. The van der Waals surface area contributed by atoms with Gasteiger partial charge in [-0.3, -0.25) is 0 Å². The summed E-state index contributed by atoms with van der Waals surface area (Å²) in [5.41, 5.74) is 2.18. The molecule has 0 amide bonds. The number of hydrogen-bond acceptors (Lipinski definition) is 3. The van der Waals surface area contributed by atoms with Crippen molar-refractivity contribution in [2.75, 3.05) is 20.7 Å².